The maximum atomic E-state index is 12.1. The number of aromatic nitrogens is 1. The van der Waals surface area contributed by atoms with Crippen molar-refractivity contribution < 1.29 is 18.8 Å². The van der Waals surface area contributed by atoms with Gasteiger partial charge < -0.3 is 14.2 Å². The van der Waals surface area contributed by atoms with Gasteiger partial charge >= 0.3 is 5.97 Å². The van der Waals surface area contributed by atoms with Crippen molar-refractivity contribution in [3.05, 3.63) is 52.4 Å². The topological polar surface area (TPSA) is 72.6 Å². The summed E-state index contributed by atoms with van der Waals surface area (Å²) in [5.41, 5.74) is 2.91. The molecule has 0 saturated heterocycles. The SMILES string of the molecule is Cc1ccc(CN(C)C(=O)COC(=O)c2c(C)noc2C)cc1. The summed E-state index contributed by atoms with van der Waals surface area (Å²) < 4.78 is 9.97. The molecule has 0 N–H and O–H groups in total. The zero-order valence-electron chi connectivity index (χ0n) is 13.8. The molecule has 1 amide bonds. The first kappa shape index (κ1) is 16.7. The van der Waals surface area contributed by atoms with Gasteiger partial charge in [-0.15, -0.1) is 0 Å². The molecular weight excluding hydrogens is 296 g/mol. The third-order valence-electron chi connectivity index (χ3n) is 3.53. The molecule has 2 aromatic rings. The third kappa shape index (κ3) is 4.18. The van der Waals surface area contributed by atoms with Gasteiger partial charge in [0.2, 0.25) is 0 Å². The number of carbonyl (C=O) groups excluding carboxylic acids is 2. The monoisotopic (exact) mass is 316 g/mol. The van der Waals surface area contributed by atoms with E-state index in [-0.39, 0.29) is 18.1 Å². The fraction of sp³-hybridized carbons (Fsp3) is 0.353. The summed E-state index contributed by atoms with van der Waals surface area (Å²) in [4.78, 5) is 25.6. The van der Waals surface area contributed by atoms with Crippen LogP contribution in [-0.2, 0) is 16.1 Å². The van der Waals surface area contributed by atoms with Crippen LogP contribution in [0.15, 0.2) is 28.8 Å². The first-order valence-corrected chi connectivity index (χ1v) is 7.28. The highest BCUT2D eigenvalue weighted by Gasteiger charge is 2.20. The second-order valence-corrected chi connectivity index (χ2v) is 5.51. The van der Waals surface area contributed by atoms with Crippen LogP contribution < -0.4 is 0 Å². The number of benzene rings is 1. The minimum Gasteiger partial charge on any atom is -0.452 e. The van der Waals surface area contributed by atoms with E-state index in [1.165, 1.54) is 4.90 Å². The number of aryl methyl sites for hydroxylation is 3. The number of hydrogen-bond donors (Lipinski definition) is 0. The van der Waals surface area contributed by atoms with Crippen LogP contribution in [0.1, 0.15) is 32.9 Å². The van der Waals surface area contributed by atoms with Crippen LogP contribution in [0.3, 0.4) is 0 Å². The van der Waals surface area contributed by atoms with Crippen molar-refractivity contribution in [3.8, 4) is 0 Å². The zero-order chi connectivity index (χ0) is 17.0. The van der Waals surface area contributed by atoms with Gasteiger partial charge in [-0.2, -0.15) is 0 Å². The molecule has 0 aliphatic heterocycles. The van der Waals surface area contributed by atoms with Gasteiger partial charge in [0.05, 0.1) is 5.69 Å². The van der Waals surface area contributed by atoms with E-state index < -0.39 is 5.97 Å². The fourth-order valence-electron chi connectivity index (χ4n) is 2.14. The number of carbonyl (C=O) groups is 2. The summed E-state index contributed by atoms with van der Waals surface area (Å²) in [5, 5.41) is 3.69. The Morgan fingerprint density at radius 1 is 1.17 bits per heavy atom. The number of likely N-dealkylation sites (N-methyl/N-ethyl adjacent to an activating group) is 1. The lowest BCUT2D eigenvalue weighted by atomic mass is 10.1. The van der Waals surface area contributed by atoms with E-state index in [9.17, 15) is 9.59 Å². The zero-order valence-corrected chi connectivity index (χ0v) is 13.8. The molecule has 0 spiro atoms. The second kappa shape index (κ2) is 7.09. The molecule has 0 bridgehead atoms. The molecule has 0 aliphatic rings. The number of nitrogens with zero attached hydrogens (tertiary/aromatic N) is 2. The Balaban J connectivity index is 1.89. The number of ether oxygens (including phenoxy) is 1. The molecule has 0 atom stereocenters. The smallest absolute Gasteiger partial charge is 0.344 e. The van der Waals surface area contributed by atoms with Gasteiger partial charge in [-0.05, 0) is 26.3 Å². The van der Waals surface area contributed by atoms with Crippen molar-refractivity contribution in [1.29, 1.82) is 0 Å². The highest BCUT2D eigenvalue weighted by molar-refractivity contribution is 5.93. The Morgan fingerprint density at radius 2 is 1.83 bits per heavy atom. The maximum Gasteiger partial charge on any atom is 0.344 e. The van der Waals surface area contributed by atoms with Gasteiger partial charge in [0.15, 0.2) is 6.61 Å². The summed E-state index contributed by atoms with van der Waals surface area (Å²) in [6.07, 6.45) is 0. The highest BCUT2D eigenvalue weighted by atomic mass is 16.5. The minimum absolute atomic E-state index is 0.273. The number of hydrogen-bond acceptors (Lipinski definition) is 5. The summed E-state index contributed by atoms with van der Waals surface area (Å²) in [7, 11) is 1.67. The average Bonchev–Trinajstić information content (AvgIpc) is 2.85. The Kier molecular flexibility index (Phi) is 5.16. The van der Waals surface area contributed by atoms with E-state index in [0.717, 1.165) is 11.1 Å². The first-order valence-electron chi connectivity index (χ1n) is 7.28. The van der Waals surface area contributed by atoms with Gasteiger partial charge in [-0.1, -0.05) is 35.0 Å². The number of esters is 1. The summed E-state index contributed by atoms with van der Waals surface area (Å²) in [5.74, 6) is -0.489. The first-order chi connectivity index (χ1) is 10.9. The number of amides is 1. The second-order valence-electron chi connectivity index (χ2n) is 5.51. The molecule has 1 aromatic carbocycles. The third-order valence-corrected chi connectivity index (χ3v) is 3.53. The van der Waals surface area contributed by atoms with Crippen molar-refractivity contribution in [2.24, 2.45) is 0 Å². The molecule has 0 saturated carbocycles. The Labute approximate surface area is 135 Å². The van der Waals surface area contributed by atoms with E-state index in [4.69, 9.17) is 9.26 Å². The summed E-state index contributed by atoms with van der Waals surface area (Å²) >= 11 is 0. The van der Waals surface area contributed by atoms with E-state index >= 15 is 0 Å². The Bertz CT molecular complexity index is 684. The summed E-state index contributed by atoms with van der Waals surface area (Å²) in [6.45, 7) is 5.43. The molecular formula is C17H20N2O4. The Hall–Kier alpha value is -2.63. The van der Waals surface area contributed by atoms with Gasteiger partial charge in [-0.25, -0.2) is 4.79 Å². The van der Waals surface area contributed by atoms with Crippen molar-refractivity contribution in [2.75, 3.05) is 13.7 Å². The molecule has 6 heteroatoms. The van der Waals surface area contributed by atoms with Crippen LogP contribution in [-0.4, -0.2) is 35.6 Å². The molecule has 0 unspecified atom stereocenters. The van der Waals surface area contributed by atoms with Crippen LogP contribution in [0, 0.1) is 20.8 Å². The van der Waals surface area contributed by atoms with Crippen molar-refractivity contribution in [2.45, 2.75) is 27.3 Å². The van der Waals surface area contributed by atoms with E-state index in [2.05, 4.69) is 5.16 Å². The molecule has 0 fully saturated rings. The highest BCUT2D eigenvalue weighted by Crippen LogP contribution is 2.13. The largest absolute Gasteiger partial charge is 0.452 e. The van der Waals surface area contributed by atoms with Crippen molar-refractivity contribution >= 4 is 11.9 Å². The van der Waals surface area contributed by atoms with E-state index in [1.54, 1.807) is 20.9 Å². The molecule has 1 aromatic heterocycles. The van der Waals surface area contributed by atoms with Gasteiger partial charge in [0.25, 0.3) is 5.91 Å². The molecule has 0 radical (unpaired) electrons. The van der Waals surface area contributed by atoms with Gasteiger partial charge in [0, 0.05) is 13.6 Å². The molecule has 23 heavy (non-hydrogen) atoms. The van der Waals surface area contributed by atoms with E-state index in [0.29, 0.717) is 18.0 Å². The summed E-state index contributed by atoms with van der Waals surface area (Å²) in [6, 6.07) is 7.92. The minimum atomic E-state index is -0.599. The predicted molar refractivity (Wildman–Crippen MR) is 83.9 cm³/mol. The van der Waals surface area contributed by atoms with Crippen molar-refractivity contribution in [3.63, 3.8) is 0 Å². The predicted octanol–water partition coefficient (Wildman–Crippen LogP) is 2.42. The van der Waals surface area contributed by atoms with Crippen molar-refractivity contribution in [1.82, 2.24) is 10.1 Å². The molecule has 122 valence electrons. The van der Waals surface area contributed by atoms with E-state index in [1.807, 2.05) is 31.2 Å². The normalized spacial score (nSPS) is 10.4. The van der Waals surface area contributed by atoms with Crippen LogP contribution in [0.5, 0.6) is 0 Å². The maximum absolute atomic E-state index is 12.1. The lowest BCUT2D eigenvalue weighted by Gasteiger charge is -2.17. The standard InChI is InChI=1S/C17H20N2O4/c1-11-5-7-14(8-6-11)9-19(4)15(20)10-22-17(21)16-12(2)18-23-13(16)3/h5-8H,9-10H2,1-4H3. The lowest BCUT2D eigenvalue weighted by molar-refractivity contribution is -0.133. The van der Waals surface area contributed by atoms with Gasteiger partial charge in [0.1, 0.15) is 11.3 Å². The molecule has 1 heterocycles. The van der Waals surface area contributed by atoms with Crippen LogP contribution in [0.25, 0.3) is 0 Å². The van der Waals surface area contributed by atoms with Gasteiger partial charge in [-0.3, -0.25) is 4.79 Å². The molecule has 0 aliphatic carbocycles. The lowest BCUT2D eigenvalue weighted by Crippen LogP contribution is -2.30. The van der Waals surface area contributed by atoms with Crippen LogP contribution in [0.4, 0.5) is 0 Å². The average molecular weight is 316 g/mol. The Morgan fingerprint density at radius 3 is 2.39 bits per heavy atom. The quantitative estimate of drug-likeness (QED) is 0.792. The number of rotatable bonds is 5. The molecule has 6 nitrogen and oxygen atoms in total. The van der Waals surface area contributed by atoms with Crippen LogP contribution >= 0.6 is 0 Å². The van der Waals surface area contributed by atoms with Crippen LogP contribution in [0.2, 0.25) is 0 Å². The molecule has 2 rings (SSSR count). The fourth-order valence-corrected chi connectivity index (χ4v) is 2.14.